The Morgan fingerprint density at radius 1 is 1.40 bits per heavy atom. The van der Waals surface area contributed by atoms with Crippen LogP contribution in [0.3, 0.4) is 0 Å². The summed E-state index contributed by atoms with van der Waals surface area (Å²) in [6.45, 7) is 0.611. The predicted octanol–water partition coefficient (Wildman–Crippen LogP) is 2.11. The summed E-state index contributed by atoms with van der Waals surface area (Å²) < 4.78 is 11.0. The maximum absolute atomic E-state index is 11.1. The van der Waals surface area contributed by atoms with Gasteiger partial charge in [-0.1, -0.05) is 24.3 Å². The van der Waals surface area contributed by atoms with Gasteiger partial charge >= 0.3 is 5.97 Å². The van der Waals surface area contributed by atoms with Crippen LogP contribution < -0.4 is 5.32 Å². The van der Waals surface area contributed by atoms with Crippen molar-refractivity contribution in [3.05, 3.63) is 36.0 Å². The van der Waals surface area contributed by atoms with Crippen LogP contribution in [0.5, 0.6) is 0 Å². The van der Waals surface area contributed by atoms with Gasteiger partial charge in [-0.05, 0) is 17.9 Å². The largest absolute Gasteiger partial charge is 0.477 e. The fourth-order valence-corrected chi connectivity index (χ4v) is 2.48. The summed E-state index contributed by atoms with van der Waals surface area (Å²) in [5.41, 5.74) is 0.0188. The van der Waals surface area contributed by atoms with E-state index in [2.05, 4.69) is 10.3 Å². The number of pyridine rings is 1. The molecule has 0 aliphatic carbocycles. The molecule has 5 nitrogen and oxygen atoms in total. The minimum atomic E-state index is -1.05. The molecule has 0 fully saturated rings. The zero-order valence-corrected chi connectivity index (χ0v) is 11.9. The van der Waals surface area contributed by atoms with Crippen molar-refractivity contribution < 1.29 is 14.1 Å². The van der Waals surface area contributed by atoms with E-state index in [-0.39, 0.29) is 5.69 Å². The number of carboxylic acid groups (broad SMARTS) is 1. The number of aromatic nitrogens is 1. The molecule has 0 spiro atoms. The fourth-order valence-electron chi connectivity index (χ4n) is 1.93. The molecule has 0 amide bonds. The Morgan fingerprint density at radius 2 is 2.15 bits per heavy atom. The highest BCUT2D eigenvalue weighted by molar-refractivity contribution is 7.84. The summed E-state index contributed by atoms with van der Waals surface area (Å²) in [4.78, 5) is 15.2. The lowest BCUT2D eigenvalue weighted by Crippen LogP contribution is -2.10. The Hall–Kier alpha value is -1.95. The number of hydrogen-bond acceptors (Lipinski definition) is 4. The van der Waals surface area contributed by atoms with Crippen LogP contribution in [0.25, 0.3) is 10.8 Å². The highest BCUT2D eigenvalue weighted by atomic mass is 32.2. The zero-order valence-electron chi connectivity index (χ0n) is 11.1. The van der Waals surface area contributed by atoms with Crippen LogP contribution in [0.4, 0.5) is 5.82 Å². The third-order valence-electron chi connectivity index (χ3n) is 2.86. The molecule has 6 heteroatoms. The second kappa shape index (κ2) is 6.47. The molecule has 0 radical (unpaired) electrons. The lowest BCUT2D eigenvalue weighted by molar-refractivity contribution is 0.0691. The van der Waals surface area contributed by atoms with Crippen molar-refractivity contribution in [2.24, 2.45) is 0 Å². The van der Waals surface area contributed by atoms with Crippen LogP contribution in [0.1, 0.15) is 16.9 Å². The first-order valence-electron chi connectivity index (χ1n) is 6.25. The molecule has 2 rings (SSSR count). The minimum Gasteiger partial charge on any atom is -0.477 e. The molecule has 0 saturated carbocycles. The lowest BCUT2D eigenvalue weighted by Gasteiger charge is -2.09. The van der Waals surface area contributed by atoms with Gasteiger partial charge in [0.05, 0.1) is 0 Å². The summed E-state index contributed by atoms with van der Waals surface area (Å²) >= 11 is 0. The van der Waals surface area contributed by atoms with Crippen molar-refractivity contribution in [3.63, 3.8) is 0 Å². The molecule has 1 aromatic carbocycles. The van der Waals surface area contributed by atoms with Gasteiger partial charge in [0.25, 0.3) is 0 Å². The van der Waals surface area contributed by atoms with Crippen LogP contribution in [0.2, 0.25) is 0 Å². The molecule has 2 aromatic rings. The summed E-state index contributed by atoms with van der Waals surface area (Å²) in [5.74, 6) is 0.125. The van der Waals surface area contributed by atoms with E-state index in [9.17, 15) is 9.00 Å². The van der Waals surface area contributed by atoms with Gasteiger partial charge in [-0.15, -0.1) is 0 Å². The quantitative estimate of drug-likeness (QED) is 0.797. The summed E-state index contributed by atoms with van der Waals surface area (Å²) in [5, 5.41) is 13.9. The van der Waals surface area contributed by atoms with E-state index < -0.39 is 16.8 Å². The molecule has 1 atom stereocenters. The van der Waals surface area contributed by atoms with Gasteiger partial charge < -0.3 is 10.4 Å². The smallest absolute Gasteiger partial charge is 0.354 e. The third kappa shape index (κ3) is 3.54. The highest BCUT2D eigenvalue weighted by Gasteiger charge is 2.10. The summed E-state index contributed by atoms with van der Waals surface area (Å²) in [6, 6.07) is 9.06. The standard InChI is InChI=1S/C14H16N2O3S/c1-20(19)8-4-7-15-13-11-6-3-2-5-10(11)9-12(16-13)14(17)18/h2-3,5-6,9H,4,7-8H2,1H3,(H,15,16)(H,17,18). The number of aromatic carboxylic acids is 1. The molecular formula is C14H16N2O3S. The van der Waals surface area contributed by atoms with Gasteiger partial charge in [0.1, 0.15) is 5.82 Å². The normalized spacial score (nSPS) is 12.2. The third-order valence-corrected chi connectivity index (χ3v) is 3.72. The van der Waals surface area contributed by atoms with Crippen LogP contribution in [-0.4, -0.2) is 38.8 Å². The van der Waals surface area contributed by atoms with E-state index in [0.29, 0.717) is 18.1 Å². The first-order valence-corrected chi connectivity index (χ1v) is 7.97. The predicted molar refractivity (Wildman–Crippen MR) is 80.7 cm³/mol. The number of carbonyl (C=O) groups is 1. The van der Waals surface area contributed by atoms with Crippen molar-refractivity contribution >= 4 is 33.4 Å². The van der Waals surface area contributed by atoms with Crippen molar-refractivity contribution in [1.29, 1.82) is 0 Å². The lowest BCUT2D eigenvalue weighted by atomic mass is 10.1. The van der Waals surface area contributed by atoms with Gasteiger partial charge in [-0.25, -0.2) is 9.78 Å². The van der Waals surface area contributed by atoms with Crippen LogP contribution in [-0.2, 0) is 10.8 Å². The summed E-state index contributed by atoms with van der Waals surface area (Å²) in [7, 11) is -0.817. The molecule has 0 saturated heterocycles. The van der Waals surface area contributed by atoms with Gasteiger partial charge in [-0.2, -0.15) is 0 Å². The fraction of sp³-hybridized carbons (Fsp3) is 0.286. The minimum absolute atomic E-state index is 0.0188. The average molecular weight is 292 g/mol. The van der Waals surface area contributed by atoms with Gasteiger partial charge in [0.15, 0.2) is 5.69 Å². The molecular weight excluding hydrogens is 276 g/mol. The molecule has 1 heterocycles. The number of carboxylic acids is 1. The Labute approximate surface area is 119 Å². The van der Waals surface area contributed by atoms with Crippen molar-refractivity contribution in [1.82, 2.24) is 4.98 Å². The molecule has 0 bridgehead atoms. The molecule has 106 valence electrons. The number of benzene rings is 1. The number of rotatable bonds is 6. The molecule has 0 aliphatic heterocycles. The number of anilines is 1. The van der Waals surface area contributed by atoms with E-state index >= 15 is 0 Å². The Kier molecular flexibility index (Phi) is 4.68. The number of fused-ring (bicyclic) bond motifs is 1. The number of hydrogen-bond donors (Lipinski definition) is 2. The second-order valence-electron chi connectivity index (χ2n) is 4.44. The zero-order chi connectivity index (χ0) is 14.5. The topological polar surface area (TPSA) is 79.3 Å². The first kappa shape index (κ1) is 14.5. The molecule has 2 N–H and O–H groups in total. The first-order chi connectivity index (χ1) is 9.58. The monoisotopic (exact) mass is 292 g/mol. The maximum atomic E-state index is 11.1. The molecule has 1 unspecified atom stereocenters. The van der Waals surface area contributed by atoms with Gasteiger partial charge in [0.2, 0.25) is 0 Å². The molecule has 20 heavy (non-hydrogen) atoms. The van der Waals surface area contributed by atoms with Crippen molar-refractivity contribution in [2.75, 3.05) is 23.9 Å². The Bertz CT molecular complexity index is 658. The SMILES string of the molecule is CS(=O)CCCNc1nc(C(=O)O)cc2ccccc12. The average Bonchev–Trinajstić information content (AvgIpc) is 2.42. The second-order valence-corrected chi connectivity index (χ2v) is 5.99. The van der Waals surface area contributed by atoms with E-state index in [0.717, 1.165) is 17.2 Å². The summed E-state index contributed by atoms with van der Waals surface area (Å²) in [6.07, 6.45) is 2.41. The molecule has 0 aliphatic rings. The number of nitrogens with zero attached hydrogens (tertiary/aromatic N) is 1. The van der Waals surface area contributed by atoms with Gasteiger partial charge in [0, 0.05) is 34.7 Å². The van der Waals surface area contributed by atoms with Crippen LogP contribution in [0.15, 0.2) is 30.3 Å². The van der Waals surface area contributed by atoms with Crippen LogP contribution >= 0.6 is 0 Å². The molecule has 1 aromatic heterocycles. The van der Waals surface area contributed by atoms with E-state index in [1.165, 1.54) is 0 Å². The van der Waals surface area contributed by atoms with Crippen molar-refractivity contribution in [3.8, 4) is 0 Å². The van der Waals surface area contributed by atoms with E-state index in [4.69, 9.17) is 5.11 Å². The van der Waals surface area contributed by atoms with E-state index in [1.807, 2.05) is 24.3 Å². The van der Waals surface area contributed by atoms with Gasteiger partial charge in [-0.3, -0.25) is 4.21 Å². The Morgan fingerprint density at radius 3 is 2.85 bits per heavy atom. The highest BCUT2D eigenvalue weighted by Crippen LogP contribution is 2.22. The van der Waals surface area contributed by atoms with Crippen LogP contribution in [0, 0.1) is 0 Å². The number of nitrogens with one attached hydrogen (secondary N) is 1. The maximum Gasteiger partial charge on any atom is 0.354 e. The Balaban J connectivity index is 2.25. The van der Waals surface area contributed by atoms with Crippen molar-refractivity contribution in [2.45, 2.75) is 6.42 Å². The van der Waals surface area contributed by atoms with E-state index in [1.54, 1.807) is 12.3 Å².